The second-order valence-corrected chi connectivity index (χ2v) is 3.89. The molecule has 1 aromatic heterocycles. The van der Waals surface area contributed by atoms with Gasteiger partial charge in [-0.1, -0.05) is 0 Å². The fourth-order valence-electron chi connectivity index (χ4n) is 1.36. The van der Waals surface area contributed by atoms with Crippen molar-refractivity contribution in [3.05, 3.63) is 23.2 Å². The molecule has 15 heavy (non-hydrogen) atoms. The normalized spacial score (nSPS) is 12.5. The van der Waals surface area contributed by atoms with E-state index in [9.17, 15) is 4.79 Å². The predicted octanol–water partition coefficient (Wildman–Crippen LogP) is 1.36. The van der Waals surface area contributed by atoms with Crippen molar-refractivity contribution in [3.63, 3.8) is 0 Å². The molecule has 0 radical (unpaired) electrons. The largest absolute Gasteiger partial charge is 0.456 e. The van der Waals surface area contributed by atoms with Gasteiger partial charge in [-0.25, -0.2) is 0 Å². The first-order valence-corrected chi connectivity index (χ1v) is 5.11. The summed E-state index contributed by atoms with van der Waals surface area (Å²) in [5.41, 5.74) is 6.44. The van der Waals surface area contributed by atoms with Crippen molar-refractivity contribution in [3.8, 4) is 0 Å². The maximum Gasteiger partial charge on any atom is 0.287 e. The molecular formula is C11H18N2O2. The Balaban J connectivity index is 2.50. The van der Waals surface area contributed by atoms with Gasteiger partial charge in [0, 0.05) is 18.2 Å². The van der Waals surface area contributed by atoms with Crippen LogP contribution in [-0.4, -0.2) is 18.5 Å². The van der Waals surface area contributed by atoms with Crippen molar-refractivity contribution in [2.75, 3.05) is 6.54 Å². The zero-order chi connectivity index (χ0) is 11.4. The molecule has 3 N–H and O–H groups in total. The van der Waals surface area contributed by atoms with Gasteiger partial charge in [-0.15, -0.1) is 0 Å². The Morgan fingerprint density at radius 1 is 1.60 bits per heavy atom. The number of hydrogen-bond donors (Lipinski definition) is 2. The van der Waals surface area contributed by atoms with E-state index in [-0.39, 0.29) is 11.9 Å². The third-order valence-corrected chi connectivity index (χ3v) is 2.13. The Kier molecular flexibility index (Phi) is 3.91. The van der Waals surface area contributed by atoms with Crippen LogP contribution < -0.4 is 11.1 Å². The highest BCUT2D eigenvalue weighted by atomic mass is 16.3. The Morgan fingerprint density at radius 3 is 2.73 bits per heavy atom. The van der Waals surface area contributed by atoms with Gasteiger partial charge in [0.1, 0.15) is 5.76 Å². The molecule has 1 unspecified atom stereocenters. The Bertz CT molecular complexity index is 342. The van der Waals surface area contributed by atoms with E-state index in [2.05, 4.69) is 5.32 Å². The first-order chi connectivity index (χ1) is 7.00. The maximum atomic E-state index is 11.6. The molecule has 1 aromatic rings. The summed E-state index contributed by atoms with van der Waals surface area (Å²) in [5.74, 6) is 0.989. The number of rotatable bonds is 4. The van der Waals surface area contributed by atoms with Crippen LogP contribution in [-0.2, 0) is 0 Å². The van der Waals surface area contributed by atoms with Crippen molar-refractivity contribution in [1.82, 2.24) is 5.32 Å². The first kappa shape index (κ1) is 11.8. The highest BCUT2D eigenvalue weighted by Crippen LogP contribution is 2.13. The average Bonchev–Trinajstić information content (AvgIpc) is 2.44. The minimum absolute atomic E-state index is 0.102. The van der Waals surface area contributed by atoms with E-state index >= 15 is 0 Å². The van der Waals surface area contributed by atoms with Crippen LogP contribution in [0.25, 0.3) is 0 Å². The van der Waals surface area contributed by atoms with Gasteiger partial charge >= 0.3 is 0 Å². The number of nitrogens with two attached hydrogens (primary N) is 1. The summed E-state index contributed by atoms with van der Waals surface area (Å²) >= 11 is 0. The predicted molar refractivity (Wildman–Crippen MR) is 58.8 cm³/mol. The van der Waals surface area contributed by atoms with E-state index in [1.807, 2.05) is 26.8 Å². The van der Waals surface area contributed by atoms with Crippen LogP contribution >= 0.6 is 0 Å². The minimum atomic E-state index is -0.166. The fraction of sp³-hybridized carbons (Fsp3) is 0.545. The van der Waals surface area contributed by atoms with Crippen LogP contribution in [0, 0.1) is 13.8 Å². The summed E-state index contributed by atoms with van der Waals surface area (Å²) in [5, 5.41) is 2.77. The van der Waals surface area contributed by atoms with Crippen molar-refractivity contribution in [2.24, 2.45) is 5.73 Å². The molecule has 0 aromatic carbocycles. The molecular weight excluding hydrogens is 192 g/mol. The number of amides is 1. The second kappa shape index (κ2) is 4.98. The van der Waals surface area contributed by atoms with Crippen LogP contribution in [0.15, 0.2) is 10.5 Å². The monoisotopic (exact) mass is 210 g/mol. The van der Waals surface area contributed by atoms with E-state index in [4.69, 9.17) is 10.2 Å². The lowest BCUT2D eigenvalue weighted by molar-refractivity contribution is 0.0923. The van der Waals surface area contributed by atoms with Gasteiger partial charge in [0.25, 0.3) is 5.91 Å². The standard InChI is InChI=1S/C11H18N2O2/c1-7-6-9(3)15-10(7)11(14)13-5-4-8(2)12/h6,8H,4-5,12H2,1-3H3,(H,13,14). The number of carbonyl (C=O) groups is 1. The summed E-state index contributed by atoms with van der Waals surface area (Å²) in [7, 11) is 0. The lowest BCUT2D eigenvalue weighted by atomic mass is 10.2. The molecule has 0 saturated heterocycles. The summed E-state index contributed by atoms with van der Waals surface area (Å²) in [6, 6.07) is 1.95. The van der Waals surface area contributed by atoms with Gasteiger partial charge in [0.2, 0.25) is 0 Å². The third-order valence-electron chi connectivity index (χ3n) is 2.13. The van der Waals surface area contributed by atoms with E-state index in [1.54, 1.807) is 0 Å². The smallest absolute Gasteiger partial charge is 0.287 e. The van der Waals surface area contributed by atoms with E-state index in [0.29, 0.717) is 12.3 Å². The number of carbonyl (C=O) groups excluding carboxylic acids is 1. The molecule has 1 amide bonds. The lowest BCUT2D eigenvalue weighted by Crippen LogP contribution is -2.29. The number of aryl methyl sites for hydroxylation is 2. The van der Waals surface area contributed by atoms with Crippen LogP contribution in [0.3, 0.4) is 0 Å². The summed E-state index contributed by atoms with van der Waals surface area (Å²) in [6.45, 7) is 6.17. The zero-order valence-corrected chi connectivity index (χ0v) is 9.46. The molecule has 0 aliphatic carbocycles. The van der Waals surface area contributed by atoms with Gasteiger partial charge in [-0.2, -0.15) is 0 Å². The number of hydrogen-bond acceptors (Lipinski definition) is 3. The topological polar surface area (TPSA) is 68.3 Å². The summed E-state index contributed by atoms with van der Waals surface area (Å²) < 4.78 is 5.29. The third kappa shape index (κ3) is 3.40. The molecule has 0 fully saturated rings. The van der Waals surface area contributed by atoms with Gasteiger partial charge in [0.05, 0.1) is 0 Å². The molecule has 1 rings (SSSR count). The lowest BCUT2D eigenvalue weighted by Gasteiger charge is -2.06. The molecule has 1 atom stereocenters. The Hall–Kier alpha value is -1.29. The van der Waals surface area contributed by atoms with E-state index in [1.165, 1.54) is 0 Å². The highest BCUT2D eigenvalue weighted by molar-refractivity contribution is 5.92. The molecule has 84 valence electrons. The number of nitrogens with one attached hydrogen (secondary N) is 1. The van der Waals surface area contributed by atoms with Crippen molar-refractivity contribution in [2.45, 2.75) is 33.2 Å². The fourth-order valence-corrected chi connectivity index (χ4v) is 1.36. The summed E-state index contributed by atoms with van der Waals surface area (Å²) in [6.07, 6.45) is 0.768. The molecule has 0 saturated carbocycles. The highest BCUT2D eigenvalue weighted by Gasteiger charge is 2.13. The molecule has 0 aliphatic rings. The van der Waals surface area contributed by atoms with E-state index in [0.717, 1.165) is 17.7 Å². The first-order valence-electron chi connectivity index (χ1n) is 5.11. The van der Waals surface area contributed by atoms with Crippen LogP contribution in [0.5, 0.6) is 0 Å². The van der Waals surface area contributed by atoms with Crippen LogP contribution in [0.2, 0.25) is 0 Å². The molecule has 0 bridgehead atoms. The SMILES string of the molecule is Cc1cc(C)c(C(=O)NCCC(C)N)o1. The summed E-state index contributed by atoms with van der Waals surface area (Å²) in [4.78, 5) is 11.6. The molecule has 0 aliphatic heterocycles. The maximum absolute atomic E-state index is 11.6. The van der Waals surface area contributed by atoms with Crippen molar-refractivity contribution >= 4 is 5.91 Å². The van der Waals surface area contributed by atoms with Gasteiger partial charge < -0.3 is 15.5 Å². The van der Waals surface area contributed by atoms with Gasteiger partial charge in [-0.3, -0.25) is 4.79 Å². The molecule has 1 heterocycles. The minimum Gasteiger partial charge on any atom is -0.456 e. The molecule has 4 heteroatoms. The average molecular weight is 210 g/mol. The molecule has 4 nitrogen and oxygen atoms in total. The number of furan rings is 1. The Morgan fingerprint density at radius 2 is 2.27 bits per heavy atom. The van der Waals surface area contributed by atoms with Crippen LogP contribution in [0.4, 0.5) is 0 Å². The van der Waals surface area contributed by atoms with Crippen molar-refractivity contribution < 1.29 is 9.21 Å². The Labute approximate surface area is 89.8 Å². The second-order valence-electron chi connectivity index (χ2n) is 3.89. The van der Waals surface area contributed by atoms with Crippen molar-refractivity contribution in [1.29, 1.82) is 0 Å². The quantitative estimate of drug-likeness (QED) is 0.788. The van der Waals surface area contributed by atoms with Gasteiger partial charge in [0.15, 0.2) is 5.76 Å². The molecule has 0 spiro atoms. The van der Waals surface area contributed by atoms with Gasteiger partial charge in [-0.05, 0) is 33.3 Å². The van der Waals surface area contributed by atoms with Crippen LogP contribution in [0.1, 0.15) is 35.2 Å². The zero-order valence-electron chi connectivity index (χ0n) is 9.46. The van der Waals surface area contributed by atoms with E-state index < -0.39 is 0 Å².